The minimum Gasteiger partial charge on any atom is -0.423 e. The van der Waals surface area contributed by atoms with Gasteiger partial charge >= 0.3 is 5.97 Å². The molecule has 0 N–H and O–H groups in total. The summed E-state index contributed by atoms with van der Waals surface area (Å²) in [5.74, 6) is -0.0209. The zero-order valence-electron chi connectivity index (χ0n) is 10.6. The monoisotopic (exact) mass is 254 g/mol. The van der Waals surface area contributed by atoms with E-state index in [1.54, 1.807) is 55.5 Å². The Bertz CT molecular complexity index is 588. The van der Waals surface area contributed by atoms with Gasteiger partial charge in [-0.3, -0.25) is 4.79 Å². The average molecular weight is 254 g/mol. The second-order valence-corrected chi connectivity index (χ2v) is 4.06. The summed E-state index contributed by atoms with van der Waals surface area (Å²) in [7, 11) is 0. The van der Waals surface area contributed by atoms with Crippen LogP contribution in [0.5, 0.6) is 5.75 Å². The zero-order chi connectivity index (χ0) is 13.7. The summed E-state index contributed by atoms with van der Waals surface area (Å²) in [4.78, 5) is 23.4. The Kier molecular flexibility index (Phi) is 4.08. The molecule has 3 nitrogen and oxygen atoms in total. The van der Waals surface area contributed by atoms with Crippen LogP contribution in [0.15, 0.2) is 54.6 Å². The number of carbonyl (C=O) groups is 2. The van der Waals surface area contributed by atoms with Crippen LogP contribution in [0.2, 0.25) is 0 Å². The van der Waals surface area contributed by atoms with E-state index in [1.165, 1.54) is 0 Å². The van der Waals surface area contributed by atoms with Crippen molar-refractivity contribution in [3.63, 3.8) is 0 Å². The molecular weight excluding hydrogens is 240 g/mol. The van der Waals surface area contributed by atoms with E-state index < -0.39 is 5.97 Å². The van der Waals surface area contributed by atoms with Gasteiger partial charge in [-0.15, -0.1) is 0 Å². The van der Waals surface area contributed by atoms with Crippen LogP contribution in [0.3, 0.4) is 0 Å². The number of carbonyl (C=O) groups excluding carboxylic acids is 2. The van der Waals surface area contributed by atoms with Crippen molar-refractivity contribution in [2.75, 3.05) is 0 Å². The lowest BCUT2D eigenvalue weighted by atomic mass is 10.1. The van der Waals surface area contributed by atoms with Gasteiger partial charge in [-0.25, -0.2) is 4.79 Å². The van der Waals surface area contributed by atoms with Gasteiger partial charge in [-0.05, 0) is 24.3 Å². The first-order valence-electron chi connectivity index (χ1n) is 6.11. The van der Waals surface area contributed by atoms with Crippen molar-refractivity contribution in [1.29, 1.82) is 0 Å². The van der Waals surface area contributed by atoms with Crippen LogP contribution in [0, 0.1) is 0 Å². The van der Waals surface area contributed by atoms with E-state index in [0.717, 1.165) is 0 Å². The lowest BCUT2D eigenvalue weighted by Crippen LogP contribution is -2.08. The first kappa shape index (κ1) is 13.0. The number of ketones is 1. The molecule has 0 aliphatic rings. The second-order valence-electron chi connectivity index (χ2n) is 4.06. The Hall–Kier alpha value is -2.42. The lowest BCUT2D eigenvalue weighted by molar-refractivity contribution is 0.0733. The summed E-state index contributed by atoms with van der Waals surface area (Å²) in [5, 5.41) is 0. The molecule has 0 bridgehead atoms. The normalized spacial score (nSPS) is 9.95. The van der Waals surface area contributed by atoms with Gasteiger partial charge in [0.05, 0.1) is 5.56 Å². The fourth-order valence-electron chi connectivity index (χ4n) is 1.68. The van der Waals surface area contributed by atoms with E-state index in [-0.39, 0.29) is 5.78 Å². The van der Waals surface area contributed by atoms with Crippen molar-refractivity contribution >= 4 is 11.8 Å². The third-order valence-corrected chi connectivity index (χ3v) is 2.70. The maximum absolute atomic E-state index is 11.9. The Morgan fingerprint density at radius 1 is 0.947 bits per heavy atom. The molecule has 0 radical (unpaired) electrons. The smallest absolute Gasteiger partial charge is 0.343 e. The Balaban J connectivity index is 2.16. The first-order valence-corrected chi connectivity index (χ1v) is 6.11. The molecule has 0 aromatic heterocycles. The predicted octanol–water partition coefficient (Wildman–Crippen LogP) is 3.50. The van der Waals surface area contributed by atoms with E-state index in [0.29, 0.717) is 23.3 Å². The highest BCUT2D eigenvalue weighted by atomic mass is 16.5. The molecule has 0 heterocycles. The Labute approximate surface area is 111 Å². The quantitative estimate of drug-likeness (QED) is 0.476. The molecule has 0 unspecified atom stereocenters. The lowest BCUT2D eigenvalue weighted by Gasteiger charge is -2.05. The molecule has 96 valence electrons. The van der Waals surface area contributed by atoms with Crippen LogP contribution >= 0.6 is 0 Å². The van der Waals surface area contributed by atoms with Gasteiger partial charge in [0.1, 0.15) is 5.75 Å². The van der Waals surface area contributed by atoms with Crippen LogP contribution in [0.4, 0.5) is 0 Å². The fourth-order valence-corrected chi connectivity index (χ4v) is 1.68. The highest BCUT2D eigenvalue weighted by molar-refractivity contribution is 5.96. The molecule has 0 aliphatic heterocycles. The summed E-state index contributed by atoms with van der Waals surface area (Å²) in [6.45, 7) is 1.80. The molecule has 2 rings (SSSR count). The van der Waals surface area contributed by atoms with E-state index >= 15 is 0 Å². The van der Waals surface area contributed by atoms with Gasteiger partial charge in [0.25, 0.3) is 0 Å². The summed E-state index contributed by atoms with van der Waals surface area (Å²) in [6.07, 6.45) is 0.427. The van der Waals surface area contributed by atoms with Crippen LogP contribution < -0.4 is 4.74 Å². The summed E-state index contributed by atoms with van der Waals surface area (Å²) in [5.41, 5.74) is 1.04. The molecule has 19 heavy (non-hydrogen) atoms. The molecule has 2 aromatic carbocycles. The topological polar surface area (TPSA) is 43.4 Å². The molecule has 0 aliphatic carbocycles. The maximum atomic E-state index is 11.9. The highest BCUT2D eigenvalue weighted by Gasteiger charge is 2.09. The third kappa shape index (κ3) is 3.28. The van der Waals surface area contributed by atoms with Gasteiger partial charge in [-0.2, -0.15) is 0 Å². The molecule has 0 saturated carbocycles. The maximum Gasteiger partial charge on any atom is 0.343 e. The fraction of sp³-hybridized carbons (Fsp3) is 0.125. The highest BCUT2D eigenvalue weighted by Crippen LogP contribution is 2.16. The zero-order valence-corrected chi connectivity index (χ0v) is 10.6. The van der Waals surface area contributed by atoms with Crippen molar-refractivity contribution in [1.82, 2.24) is 0 Å². The molecular formula is C16H14O3. The van der Waals surface area contributed by atoms with E-state index in [1.807, 2.05) is 6.07 Å². The van der Waals surface area contributed by atoms with Crippen molar-refractivity contribution in [3.8, 4) is 5.75 Å². The third-order valence-electron chi connectivity index (χ3n) is 2.70. The van der Waals surface area contributed by atoms with Crippen LogP contribution in [0.1, 0.15) is 34.1 Å². The minimum absolute atomic E-state index is 0.0256. The number of hydrogen-bond donors (Lipinski definition) is 0. The van der Waals surface area contributed by atoms with Gasteiger partial charge in [0.2, 0.25) is 0 Å². The number of benzene rings is 2. The largest absolute Gasteiger partial charge is 0.423 e. The van der Waals surface area contributed by atoms with Crippen molar-refractivity contribution in [2.45, 2.75) is 13.3 Å². The first-order chi connectivity index (χ1) is 9.20. The standard InChI is InChI=1S/C16H14O3/c1-2-15(17)13-9-6-10-14(11-13)19-16(18)12-7-4-3-5-8-12/h3-11H,2H2,1H3. The molecule has 0 spiro atoms. The van der Waals surface area contributed by atoms with Gasteiger partial charge in [0.15, 0.2) is 5.78 Å². The number of rotatable bonds is 4. The number of Topliss-reactive ketones (excluding diaryl/α,β-unsaturated/α-hetero) is 1. The molecule has 0 amide bonds. The van der Waals surface area contributed by atoms with Gasteiger partial charge < -0.3 is 4.74 Å². The average Bonchev–Trinajstić information content (AvgIpc) is 2.47. The second kappa shape index (κ2) is 5.96. The van der Waals surface area contributed by atoms with E-state index in [4.69, 9.17) is 4.74 Å². The molecule has 0 fully saturated rings. The number of ether oxygens (including phenoxy) is 1. The number of esters is 1. The van der Waals surface area contributed by atoms with Crippen molar-refractivity contribution in [3.05, 3.63) is 65.7 Å². The van der Waals surface area contributed by atoms with E-state index in [9.17, 15) is 9.59 Å². The van der Waals surface area contributed by atoms with E-state index in [2.05, 4.69) is 0 Å². The molecule has 0 atom stereocenters. The SMILES string of the molecule is CCC(=O)c1cccc(OC(=O)c2ccccc2)c1. The number of hydrogen-bond acceptors (Lipinski definition) is 3. The van der Waals surface area contributed by atoms with Crippen LogP contribution in [-0.2, 0) is 0 Å². The van der Waals surface area contributed by atoms with Crippen molar-refractivity contribution in [2.24, 2.45) is 0 Å². The van der Waals surface area contributed by atoms with Crippen LogP contribution in [0.25, 0.3) is 0 Å². The molecule has 0 saturated heterocycles. The molecule has 3 heteroatoms. The summed E-state index contributed by atoms with van der Waals surface area (Å²) < 4.78 is 5.24. The van der Waals surface area contributed by atoms with Crippen LogP contribution in [-0.4, -0.2) is 11.8 Å². The van der Waals surface area contributed by atoms with Gasteiger partial charge in [0, 0.05) is 12.0 Å². The Morgan fingerprint density at radius 3 is 2.32 bits per heavy atom. The van der Waals surface area contributed by atoms with Gasteiger partial charge in [-0.1, -0.05) is 37.3 Å². The van der Waals surface area contributed by atoms with Crippen molar-refractivity contribution < 1.29 is 14.3 Å². The Morgan fingerprint density at radius 2 is 1.63 bits per heavy atom. The molecule has 2 aromatic rings. The predicted molar refractivity (Wildman–Crippen MR) is 72.5 cm³/mol. The summed E-state index contributed by atoms with van der Waals surface area (Å²) in [6, 6.07) is 15.4. The minimum atomic E-state index is -0.429. The summed E-state index contributed by atoms with van der Waals surface area (Å²) >= 11 is 0.